The van der Waals surface area contributed by atoms with Crippen LogP contribution in [0.2, 0.25) is 0 Å². The predicted molar refractivity (Wildman–Crippen MR) is 35.3 cm³/mol. The lowest BCUT2D eigenvalue weighted by Crippen LogP contribution is -1.96. The van der Waals surface area contributed by atoms with Gasteiger partial charge in [0.1, 0.15) is 17.7 Å². The number of hydrogen-bond donors (Lipinski definition) is 0. The van der Waals surface area contributed by atoms with Gasteiger partial charge in [0.2, 0.25) is 0 Å². The Morgan fingerprint density at radius 1 is 1.56 bits per heavy atom. The van der Waals surface area contributed by atoms with Crippen molar-refractivity contribution in [1.29, 1.82) is 0 Å². The standard InChI is InChI=1S/C5H8ClN3/c1-4-7-5(2)9(3-6)8-4/h3H2,1-2H3. The Kier molecular flexibility index (Phi) is 1.71. The Bertz CT molecular complexity index is 206. The highest BCUT2D eigenvalue weighted by Crippen LogP contribution is 1.96. The number of nitrogens with zero attached hydrogens (tertiary/aromatic N) is 3. The topological polar surface area (TPSA) is 30.7 Å². The van der Waals surface area contributed by atoms with Gasteiger partial charge in [-0.15, -0.1) is 11.6 Å². The zero-order valence-electron chi connectivity index (χ0n) is 5.43. The van der Waals surface area contributed by atoms with E-state index in [0.29, 0.717) is 6.00 Å². The molecule has 0 spiro atoms. The van der Waals surface area contributed by atoms with Gasteiger partial charge in [-0.25, -0.2) is 9.67 Å². The van der Waals surface area contributed by atoms with Crippen LogP contribution in [0.1, 0.15) is 11.6 Å². The molecule has 0 aliphatic carbocycles. The van der Waals surface area contributed by atoms with E-state index < -0.39 is 0 Å². The minimum Gasteiger partial charge on any atom is -0.235 e. The van der Waals surface area contributed by atoms with Gasteiger partial charge in [-0.2, -0.15) is 5.10 Å². The van der Waals surface area contributed by atoms with E-state index in [9.17, 15) is 0 Å². The molecular formula is C5H8ClN3. The minimum absolute atomic E-state index is 0.382. The zero-order valence-corrected chi connectivity index (χ0v) is 6.18. The third-order valence-corrected chi connectivity index (χ3v) is 1.30. The molecule has 1 heterocycles. The fourth-order valence-corrected chi connectivity index (χ4v) is 0.901. The maximum atomic E-state index is 5.51. The van der Waals surface area contributed by atoms with Crippen molar-refractivity contribution in [3.05, 3.63) is 11.6 Å². The summed E-state index contributed by atoms with van der Waals surface area (Å²) in [7, 11) is 0. The Labute approximate surface area is 58.7 Å². The summed E-state index contributed by atoms with van der Waals surface area (Å²) >= 11 is 5.51. The van der Waals surface area contributed by atoms with Gasteiger partial charge in [0.05, 0.1) is 0 Å². The van der Waals surface area contributed by atoms with Gasteiger partial charge in [0, 0.05) is 0 Å². The third kappa shape index (κ3) is 1.21. The number of aromatic nitrogens is 3. The van der Waals surface area contributed by atoms with Crippen LogP contribution in [0.4, 0.5) is 0 Å². The van der Waals surface area contributed by atoms with Crippen LogP contribution in [0.25, 0.3) is 0 Å². The highest BCUT2D eigenvalue weighted by Gasteiger charge is 1.97. The van der Waals surface area contributed by atoms with E-state index in [1.165, 1.54) is 0 Å². The molecule has 9 heavy (non-hydrogen) atoms. The maximum Gasteiger partial charge on any atom is 0.147 e. The molecule has 0 aliphatic heterocycles. The second-order valence-corrected chi connectivity index (χ2v) is 2.06. The van der Waals surface area contributed by atoms with Gasteiger partial charge >= 0.3 is 0 Å². The van der Waals surface area contributed by atoms with Crippen molar-refractivity contribution in [2.24, 2.45) is 0 Å². The smallest absolute Gasteiger partial charge is 0.147 e. The van der Waals surface area contributed by atoms with Gasteiger partial charge in [0.25, 0.3) is 0 Å². The van der Waals surface area contributed by atoms with Gasteiger partial charge in [-0.1, -0.05) is 0 Å². The molecule has 1 aromatic rings. The van der Waals surface area contributed by atoms with Gasteiger partial charge in [-0.05, 0) is 13.8 Å². The van der Waals surface area contributed by atoms with E-state index in [1.807, 2.05) is 13.8 Å². The monoisotopic (exact) mass is 145 g/mol. The Balaban J connectivity index is 3.01. The Morgan fingerprint density at radius 2 is 2.22 bits per heavy atom. The average molecular weight is 146 g/mol. The molecule has 0 saturated carbocycles. The summed E-state index contributed by atoms with van der Waals surface area (Å²) in [5, 5.41) is 4.00. The SMILES string of the molecule is Cc1nc(C)n(CCl)n1. The molecule has 0 aromatic carbocycles. The highest BCUT2D eigenvalue weighted by molar-refractivity contribution is 6.15. The lowest BCUT2D eigenvalue weighted by molar-refractivity contribution is 0.707. The van der Waals surface area contributed by atoms with E-state index in [-0.39, 0.29) is 0 Å². The molecule has 50 valence electrons. The number of halogens is 1. The van der Waals surface area contributed by atoms with Gasteiger partial charge < -0.3 is 0 Å². The first-order valence-corrected chi connectivity index (χ1v) is 3.21. The first-order chi connectivity index (χ1) is 4.24. The molecule has 0 radical (unpaired) electrons. The van der Waals surface area contributed by atoms with Crippen LogP contribution in [0, 0.1) is 13.8 Å². The first kappa shape index (κ1) is 6.55. The predicted octanol–water partition coefficient (Wildman–Crippen LogP) is 1.09. The fourth-order valence-electron chi connectivity index (χ4n) is 0.675. The molecular weight excluding hydrogens is 138 g/mol. The van der Waals surface area contributed by atoms with Crippen molar-refractivity contribution in [3.8, 4) is 0 Å². The molecule has 1 aromatic heterocycles. The second kappa shape index (κ2) is 2.35. The van der Waals surface area contributed by atoms with Crippen molar-refractivity contribution < 1.29 is 0 Å². The highest BCUT2D eigenvalue weighted by atomic mass is 35.5. The average Bonchev–Trinajstić information content (AvgIpc) is 2.10. The lowest BCUT2D eigenvalue weighted by atomic mass is 10.7. The van der Waals surface area contributed by atoms with Crippen LogP contribution in [0.15, 0.2) is 0 Å². The summed E-state index contributed by atoms with van der Waals surface area (Å²) in [6, 6.07) is 0.382. The summed E-state index contributed by atoms with van der Waals surface area (Å²) in [4.78, 5) is 4.05. The lowest BCUT2D eigenvalue weighted by Gasteiger charge is -1.91. The quantitative estimate of drug-likeness (QED) is 0.554. The van der Waals surface area contributed by atoms with E-state index in [4.69, 9.17) is 11.6 Å². The number of aryl methyl sites for hydroxylation is 2. The third-order valence-electron chi connectivity index (χ3n) is 1.08. The summed E-state index contributed by atoms with van der Waals surface area (Å²) in [5.74, 6) is 1.63. The molecule has 0 saturated heterocycles. The summed E-state index contributed by atoms with van der Waals surface area (Å²) in [5.41, 5.74) is 0. The van der Waals surface area contributed by atoms with Crippen molar-refractivity contribution in [2.45, 2.75) is 19.9 Å². The van der Waals surface area contributed by atoms with E-state index >= 15 is 0 Å². The molecule has 0 bridgehead atoms. The minimum atomic E-state index is 0.382. The van der Waals surface area contributed by atoms with Crippen molar-refractivity contribution in [1.82, 2.24) is 14.8 Å². The Hall–Kier alpha value is -0.570. The van der Waals surface area contributed by atoms with E-state index in [1.54, 1.807) is 4.68 Å². The van der Waals surface area contributed by atoms with Crippen LogP contribution < -0.4 is 0 Å². The van der Waals surface area contributed by atoms with Crippen molar-refractivity contribution in [3.63, 3.8) is 0 Å². The molecule has 0 N–H and O–H groups in total. The molecule has 0 fully saturated rings. The number of alkyl halides is 1. The van der Waals surface area contributed by atoms with E-state index in [0.717, 1.165) is 11.6 Å². The fraction of sp³-hybridized carbons (Fsp3) is 0.600. The summed E-state index contributed by atoms with van der Waals surface area (Å²) < 4.78 is 1.65. The van der Waals surface area contributed by atoms with Crippen LogP contribution >= 0.6 is 11.6 Å². The normalized spacial score (nSPS) is 10.1. The molecule has 0 atom stereocenters. The van der Waals surface area contributed by atoms with Crippen molar-refractivity contribution >= 4 is 11.6 Å². The summed E-state index contributed by atoms with van der Waals surface area (Å²) in [6.07, 6.45) is 0. The van der Waals surface area contributed by atoms with E-state index in [2.05, 4.69) is 10.1 Å². The molecule has 0 unspecified atom stereocenters. The maximum absolute atomic E-state index is 5.51. The van der Waals surface area contributed by atoms with Gasteiger partial charge in [-0.3, -0.25) is 0 Å². The Morgan fingerprint density at radius 3 is 2.44 bits per heavy atom. The second-order valence-electron chi connectivity index (χ2n) is 1.83. The zero-order chi connectivity index (χ0) is 6.85. The molecule has 4 heteroatoms. The van der Waals surface area contributed by atoms with Crippen LogP contribution in [0.5, 0.6) is 0 Å². The molecule has 3 nitrogen and oxygen atoms in total. The molecule has 0 amide bonds. The summed E-state index contributed by atoms with van der Waals surface area (Å²) in [6.45, 7) is 3.72. The van der Waals surface area contributed by atoms with Crippen molar-refractivity contribution in [2.75, 3.05) is 0 Å². The van der Waals surface area contributed by atoms with Crippen LogP contribution in [-0.2, 0) is 6.00 Å². The first-order valence-electron chi connectivity index (χ1n) is 2.68. The molecule has 0 aliphatic rings. The van der Waals surface area contributed by atoms with Crippen LogP contribution in [0.3, 0.4) is 0 Å². The largest absolute Gasteiger partial charge is 0.235 e. The van der Waals surface area contributed by atoms with Crippen LogP contribution in [-0.4, -0.2) is 14.8 Å². The molecule has 1 rings (SSSR count). The number of hydrogen-bond acceptors (Lipinski definition) is 2. The van der Waals surface area contributed by atoms with Gasteiger partial charge in [0.15, 0.2) is 0 Å². The number of rotatable bonds is 1.